The Balaban J connectivity index is 0.000000193. The van der Waals surface area contributed by atoms with Crippen molar-refractivity contribution in [2.24, 2.45) is 0 Å². The predicted molar refractivity (Wildman–Crippen MR) is 182 cm³/mol. The molecule has 0 aliphatic carbocycles. The molecule has 3 nitrogen and oxygen atoms in total. The molecule has 0 saturated carbocycles. The van der Waals surface area contributed by atoms with Gasteiger partial charge in [-0.05, 0) is 36.4 Å². The van der Waals surface area contributed by atoms with Crippen LogP contribution in [0.4, 0.5) is 4.39 Å². The van der Waals surface area contributed by atoms with Gasteiger partial charge in [-0.3, -0.25) is 0 Å². The molecule has 227 valence electrons. The number of fused-ring (bicyclic) bond motifs is 3. The quantitative estimate of drug-likeness (QED) is 0.131. The summed E-state index contributed by atoms with van der Waals surface area (Å²) < 4.78 is 21.6. The van der Waals surface area contributed by atoms with Crippen LogP contribution in [0.2, 0.25) is 17.3 Å². The third-order valence-electron chi connectivity index (χ3n) is 7.68. The molecule has 45 heavy (non-hydrogen) atoms. The van der Waals surface area contributed by atoms with E-state index in [-0.39, 0.29) is 25.9 Å². The van der Waals surface area contributed by atoms with Gasteiger partial charge in [0.1, 0.15) is 11.4 Å². The van der Waals surface area contributed by atoms with E-state index in [0.717, 1.165) is 55.6 Å². The maximum Gasteiger partial charge on any atom is 0.131 e. The first-order chi connectivity index (χ1) is 21.2. The van der Waals surface area contributed by atoms with Gasteiger partial charge >= 0.3 is 106 Å². The van der Waals surface area contributed by atoms with Crippen molar-refractivity contribution in [1.82, 2.24) is 9.97 Å². The second-order valence-corrected chi connectivity index (χ2v) is 22.6. The molecule has 0 aliphatic rings. The summed E-state index contributed by atoms with van der Waals surface area (Å²) in [7, 11) is 0. The normalized spacial score (nSPS) is 11.2. The molecule has 0 N–H and O–H groups in total. The summed E-state index contributed by atoms with van der Waals surface area (Å²) in [4.78, 5) is 9.03. The number of halogens is 1. The number of hydrogen-bond acceptors (Lipinski definition) is 3. The second-order valence-electron chi connectivity index (χ2n) is 12.0. The molecule has 0 bridgehead atoms. The summed E-state index contributed by atoms with van der Waals surface area (Å²) in [5, 5.41) is 2.00. The molecule has 4 aromatic carbocycles. The van der Waals surface area contributed by atoms with E-state index < -0.39 is 13.3 Å². The van der Waals surface area contributed by atoms with E-state index in [1.807, 2.05) is 73.7 Å². The summed E-state index contributed by atoms with van der Waals surface area (Å²) in [6.07, 6.45) is 3.88. The Bertz CT molecular complexity index is 2100. The second kappa shape index (κ2) is 13.6. The molecule has 0 aliphatic heterocycles. The van der Waals surface area contributed by atoms with Crippen LogP contribution in [0.15, 0.2) is 114 Å². The van der Waals surface area contributed by atoms with Crippen LogP contribution in [0.25, 0.3) is 55.6 Å². The van der Waals surface area contributed by atoms with Crippen LogP contribution in [0.5, 0.6) is 0 Å². The zero-order valence-corrected chi connectivity index (χ0v) is 30.4. The molecule has 0 unspecified atom stereocenters. The SMILES string of the molecule is Cc1cc(-c2[c-]cccc2)nc[c]1[Ge]([CH3])([CH3])[CH3].Cc1ccnc(-c2[c-]cc3oc4cc(-c5ccccc5F)ccc4c3c2)c1.[Ir]. The van der Waals surface area contributed by atoms with Crippen LogP contribution >= 0.6 is 0 Å². The molecular weight excluding hydrogens is 796 g/mol. The molecule has 0 saturated heterocycles. The molecule has 0 spiro atoms. The molecule has 3 aromatic heterocycles. The first-order valence-electron chi connectivity index (χ1n) is 14.7. The van der Waals surface area contributed by atoms with Crippen molar-refractivity contribution in [3.63, 3.8) is 0 Å². The topological polar surface area (TPSA) is 38.9 Å². The number of rotatable bonds is 4. The van der Waals surface area contributed by atoms with Gasteiger partial charge in [0.05, 0.1) is 5.58 Å². The minimum absolute atomic E-state index is 0. The van der Waals surface area contributed by atoms with Gasteiger partial charge in [0, 0.05) is 37.3 Å². The predicted octanol–water partition coefficient (Wildman–Crippen LogP) is 9.96. The van der Waals surface area contributed by atoms with Gasteiger partial charge in [-0.15, -0.1) is 23.8 Å². The van der Waals surface area contributed by atoms with Crippen molar-refractivity contribution in [3.8, 4) is 33.6 Å². The van der Waals surface area contributed by atoms with Crippen molar-refractivity contribution in [3.05, 3.63) is 139 Å². The molecule has 7 rings (SSSR count). The molecule has 0 atom stereocenters. The fourth-order valence-electron chi connectivity index (χ4n) is 5.46. The number of aromatic nitrogens is 2. The summed E-state index contributed by atoms with van der Waals surface area (Å²) in [6, 6.07) is 37.1. The third-order valence-corrected chi connectivity index (χ3v) is 12.2. The van der Waals surface area contributed by atoms with Crippen molar-refractivity contribution >= 4 is 39.6 Å². The first kappa shape index (κ1) is 32.5. The van der Waals surface area contributed by atoms with Gasteiger partial charge in [0.2, 0.25) is 0 Å². The van der Waals surface area contributed by atoms with Crippen molar-refractivity contribution in [2.45, 2.75) is 31.1 Å². The average Bonchev–Trinajstić information content (AvgIpc) is 3.38. The van der Waals surface area contributed by atoms with Crippen LogP contribution in [-0.2, 0) is 20.1 Å². The summed E-state index contributed by atoms with van der Waals surface area (Å²) in [5.74, 6) is 6.96. The Kier molecular flexibility index (Phi) is 9.83. The Morgan fingerprint density at radius 3 is 2.22 bits per heavy atom. The van der Waals surface area contributed by atoms with E-state index in [1.165, 1.54) is 16.0 Å². The molecule has 0 amide bonds. The van der Waals surface area contributed by atoms with Gasteiger partial charge in [0.15, 0.2) is 0 Å². The number of nitrogens with zero attached hydrogens (tertiary/aromatic N) is 2. The number of benzene rings is 4. The van der Waals surface area contributed by atoms with Gasteiger partial charge in [-0.2, -0.15) is 0 Å². The minimum atomic E-state index is -1.77. The van der Waals surface area contributed by atoms with Gasteiger partial charge in [-0.1, -0.05) is 47.3 Å². The van der Waals surface area contributed by atoms with E-state index in [2.05, 4.69) is 64.6 Å². The smallest absolute Gasteiger partial charge is 0.131 e. The maximum absolute atomic E-state index is 14.1. The molecule has 0 fully saturated rings. The summed E-state index contributed by atoms with van der Waals surface area (Å²) in [5.41, 5.74) is 9.28. The van der Waals surface area contributed by atoms with E-state index >= 15 is 0 Å². The van der Waals surface area contributed by atoms with Crippen LogP contribution in [-0.4, -0.2) is 23.2 Å². The Morgan fingerprint density at radius 2 is 1.51 bits per heavy atom. The first-order valence-corrected chi connectivity index (χ1v) is 22.0. The molecule has 7 aromatic rings. The van der Waals surface area contributed by atoms with Crippen molar-refractivity contribution in [1.29, 1.82) is 0 Å². The van der Waals surface area contributed by atoms with E-state index in [9.17, 15) is 4.39 Å². The Labute approximate surface area is 280 Å². The Hall–Kier alpha value is -3.90. The standard InChI is InChI=1S/C24H15FNO.C15H18GeN.Ir/c1-15-10-11-26-22(12-15)17-7-9-23-20(13-17)19-8-6-16(14-24(19)27-23)18-4-2-3-5-21(18)25;1-12-10-15(13-8-6-5-7-9-13)17-11-14(12)16(2,3)4;/h2-6,8-14H,1H3;5-8,10-11H,1-4H3;/q2*-1;. The zero-order valence-electron chi connectivity index (χ0n) is 25.9. The largest absolute Gasteiger partial charge is 0.500 e. The van der Waals surface area contributed by atoms with Gasteiger partial charge in [0.25, 0.3) is 0 Å². The van der Waals surface area contributed by atoms with Crippen molar-refractivity contribution < 1.29 is 28.9 Å². The van der Waals surface area contributed by atoms with Crippen LogP contribution < -0.4 is 4.40 Å². The molecule has 3 heterocycles. The number of pyridine rings is 2. The molecular formula is C39H33FGeIrN2O-2. The zero-order chi connectivity index (χ0) is 30.8. The fourth-order valence-corrected chi connectivity index (χ4v) is 9.04. The Morgan fingerprint density at radius 1 is 0.733 bits per heavy atom. The fraction of sp³-hybridized carbons (Fsp3) is 0.128. The van der Waals surface area contributed by atoms with E-state index in [0.29, 0.717) is 5.56 Å². The summed E-state index contributed by atoms with van der Waals surface area (Å²) >= 11 is -1.77. The van der Waals surface area contributed by atoms with Gasteiger partial charge in [-0.25, -0.2) is 4.39 Å². The number of aryl methyl sites for hydroxylation is 2. The minimum Gasteiger partial charge on any atom is -0.500 e. The van der Waals surface area contributed by atoms with Crippen LogP contribution in [0, 0.1) is 31.8 Å². The monoisotopic (exact) mass is 831 g/mol. The van der Waals surface area contributed by atoms with Crippen LogP contribution in [0.3, 0.4) is 0 Å². The van der Waals surface area contributed by atoms with Crippen LogP contribution in [0.1, 0.15) is 11.1 Å². The van der Waals surface area contributed by atoms with Crippen molar-refractivity contribution in [2.75, 3.05) is 0 Å². The number of hydrogen-bond donors (Lipinski definition) is 0. The van der Waals surface area contributed by atoms with E-state index in [1.54, 1.807) is 18.3 Å². The molecule has 6 heteroatoms. The van der Waals surface area contributed by atoms with E-state index in [4.69, 9.17) is 4.42 Å². The average molecular weight is 830 g/mol. The third kappa shape index (κ3) is 7.17. The molecule has 1 radical (unpaired) electrons. The maximum atomic E-state index is 14.1. The van der Waals surface area contributed by atoms with Gasteiger partial charge < -0.3 is 9.40 Å². The summed E-state index contributed by atoms with van der Waals surface area (Å²) in [6.45, 7) is 4.24. The number of furan rings is 1.